The lowest BCUT2D eigenvalue weighted by Gasteiger charge is -2.21. The number of amides is 1. The minimum atomic E-state index is -0.251. The van der Waals surface area contributed by atoms with E-state index < -0.39 is 0 Å². The van der Waals surface area contributed by atoms with Crippen LogP contribution in [-0.4, -0.2) is 51.7 Å². The quantitative estimate of drug-likeness (QED) is 0.809. The molecule has 0 N–H and O–H groups in total. The van der Waals surface area contributed by atoms with Gasteiger partial charge in [0.05, 0.1) is 14.2 Å². The van der Waals surface area contributed by atoms with Crippen molar-refractivity contribution in [1.82, 2.24) is 25.0 Å². The number of carbonyl (C=O) groups is 1. The van der Waals surface area contributed by atoms with E-state index in [1.54, 1.807) is 4.90 Å². The Hall–Kier alpha value is -2.71. The van der Waals surface area contributed by atoms with Crippen LogP contribution < -0.4 is 9.47 Å². The minimum Gasteiger partial charge on any atom is -0.481 e. The van der Waals surface area contributed by atoms with Gasteiger partial charge in [0.15, 0.2) is 5.82 Å². The van der Waals surface area contributed by atoms with E-state index in [0.29, 0.717) is 18.3 Å². The summed E-state index contributed by atoms with van der Waals surface area (Å²) in [5.74, 6) is 1.29. The SMILES string of the molecule is COc1cc(C(=O)N2CCC[C@H]2c2nc(C(C)C)no2)nc(OC)n1. The van der Waals surface area contributed by atoms with Crippen LogP contribution in [0, 0.1) is 0 Å². The maximum absolute atomic E-state index is 12.9. The van der Waals surface area contributed by atoms with Gasteiger partial charge in [-0.05, 0) is 12.8 Å². The third-order valence-corrected chi connectivity index (χ3v) is 4.07. The van der Waals surface area contributed by atoms with Gasteiger partial charge in [0, 0.05) is 18.5 Å². The monoisotopic (exact) mass is 347 g/mol. The second-order valence-electron chi connectivity index (χ2n) is 6.08. The van der Waals surface area contributed by atoms with Crippen LogP contribution in [0.5, 0.6) is 11.9 Å². The van der Waals surface area contributed by atoms with E-state index in [2.05, 4.69) is 20.1 Å². The van der Waals surface area contributed by atoms with Crippen LogP contribution >= 0.6 is 0 Å². The predicted octanol–water partition coefficient (Wildman–Crippen LogP) is 1.98. The first-order valence-electron chi connectivity index (χ1n) is 8.15. The van der Waals surface area contributed by atoms with Crippen LogP contribution in [0.15, 0.2) is 10.6 Å². The molecule has 9 nitrogen and oxygen atoms in total. The molecule has 25 heavy (non-hydrogen) atoms. The van der Waals surface area contributed by atoms with Gasteiger partial charge < -0.3 is 18.9 Å². The van der Waals surface area contributed by atoms with Crippen LogP contribution in [0.2, 0.25) is 0 Å². The van der Waals surface area contributed by atoms with Gasteiger partial charge in [-0.15, -0.1) is 0 Å². The highest BCUT2D eigenvalue weighted by Crippen LogP contribution is 2.33. The Morgan fingerprint density at radius 2 is 2.08 bits per heavy atom. The first-order valence-corrected chi connectivity index (χ1v) is 8.15. The molecule has 1 aliphatic heterocycles. The molecule has 3 rings (SSSR count). The Morgan fingerprint density at radius 1 is 1.28 bits per heavy atom. The fourth-order valence-electron chi connectivity index (χ4n) is 2.74. The number of hydrogen-bond acceptors (Lipinski definition) is 8. The van der Waals surface area contributed by atoms with Crippen molar-refractivity contribution in [1.29, 1.82) is 0 Å². The number of nitrogens with zero attached hydrogens (tertiary/aromatic N) is 5. The van der Waals surface area contributed by atoms with E-state index in [1.807, 2.05) is 13.8 Å². The fraction of sp³-hybridized carbons (Fsp3) is 0.562. The summed E-state index contributed by atoms with van der Waals surface area (Å²) in [5, 5.41) is 3.99. The summed E-state index contributed by atoms with van der Waals surface area (Å²) in [4.78, 5) is 27.2. The fourth-order valence-corrected chi connectivity index (χ4v) is 2.74. The molecule has 0 saturated carbocycles. The lowest BCUT2D eigenvalue weighted by Crippen LogP contribution is -2.31. The second kappa shape index (κ2) is 7.04. The molecule has 1 aliphatic rings. The van der Waals surface area contributed by atoms with Crippen molar-refractivity contribution >= 4 is 5.91 Å². The molecule has 2 aromatic rings. The molecule has 1 fully saturated rings. The van der Waals surface area contributed by atoms with Gasteiger partial charge in [0.2, 0.25) is 11.8 Å². The van der Waals surface area contributed by atoms with Gasteiger partial charge in [0.25, 0.3) is 5.91 Å². The zero-order valence-corrected chi connectivity index (χ0v) is 14.7. The molecule has 1 amide bonds. The molecule has 9 heteroatoms. The zero-order chi connectivity index (χ0) is 18.0. The summed E-state index contributed by atoms with van der Waals surface area (Å²) in [6, 6.07) is 1.32. The Kier molecular flexibility index (Phi) is 4.82. The van der Waals surface area contributed by atoms with Gasteiger partial charge in [-0.25, -0.2) is 0 Å². The molecular formula is C16H21N5O4. The highest BCUT2D eigenvalue weighted by Gasteiger charge is 2.35. The molecule has 1 atom stereocenters. The summed E-state index contributed by atoms with van der Waals surface area (Å²) < 4.78 is 15.5. The standard InChI is InChI=1S/C16H21N5O4/c1-9(2)13-19-14(25-20-13)11-6-5-7-21(11)15(22)10-8-12(23-3)18-16(17-10)24-4/h8-9,11H,5-7H2,1-4H3/t11-/m0/s1. The molecule has 1 saturated heterocycles. The minimum absolute atomic E-state index is 0.0818. The van der Waals surface area contributed by atoms with Crippen LogP contribution in [0.3, 0.4) is 0 Å². The van der Waals surface area contributed by atoms with Gasteiger partial charge >= 0.3 is 6.01 Å². The highest BCUT2D eigenvalue weighted by molar-refractivity contribution is 5.93. The number of likely N-dealkylation sites (tertiary alicyclic amines) is 1. The average Bonchev–Trinajstić information content (AvgIpc) is 3.29. The van der Waals surface area contributed by atoms with Crippen LogP contribution in [0.4, 0.5) is 0 Å². The number of carbonyl (C=O) groups excluding carboxylic acids is 1. The van der Waals surface area contributed by atoms with Crippen LogP contribution in [-0.2, 0) is 0 Å². The maximum atomic E-state index is 12.9. The van der Waals surface area contributed by atoms with Crippen molar-refractivity contribution in [2.45, 2.75) is 38.6 Å². The van der Waals surface area contributed by atoms with Crippen LogP contribution in [0.1, 0.15) is 60.9 Å². The topological polar surface area (TPSA) is 103 Å². The molecule has 0 spiro atoms. The Morgan fingerprint density at radius 3 is 2.72 bits per heavy atom. The van der Waals surface area contributed by atoms with Crippen molar-refractivity contribution in [2.75, 3.05) is 20.8 Å². The highest BCUT2D eigenvalue weighted by atomic mass is 16.5. The number of hydrogen-bond donors (Lipinski definition) is 0. The summed E-state index contributed by atoms with van der Waals surface area (Å²) in [5.41, 5.74) is 0.208. The molecule has 0 unspecified atom stereocenters. The Balaban J connectivity index is 1.87. The first kappa shape index (κ1) is 17.1. The van der Waals surface area contributed by atoms with Crippen LogP contribution in [0.25, 0.3) is 0 Å². The molecule has 0 radical (unpaired) electrons. The van der Waals surface area contributed by atoms with E-state index in [9.17, 15) is 4.79 Å². The van der Waals surface area contributed by atoms with Crippen molar-refractivity contribution in [2.24, 2.45) is 0 Å². The summed E-state index contributed by atoms with van der Waals surface area (Å²) in [6.45, 7) is 4.58. The normalized spacial score (nSPS) is 17.2. The molecule has 0 aliphatic carbocycles. The number of rotatable bonds is 5. The molecule has 2 aromatic heterocycles. The van der Waals surface area contributed by atoms with E-state index in [-0.39, 0.29) is 35.5 Å². The maximum Gasteiger partial charge on any atom is 0.320 e. The van der Waals surface area contributed by atoms with Crippen molar-refractivity contribution < 1.29 is 18.8 Å². The summed E-state index contributed by atoms with van der Waals surface area (Å²) in [6.07, 6.45) is 1.62. The Bertz CT molecular complexity index is 738. The molecule has 0 bridgehead atoms. The van der Waals surface area contributed by atoms with Gasteiger partial charge in [0.1, 0.15) is 11.7 Å². The number of ether oxygens (including phenoxy) is 2. The third-order valence-electron chi connectivity index (χ3n) is 4.07. The second-order valence-corrected chi connectivity index (χ2v) is 6.08. The smallest absolute Gasteiger partial charge is 0.320 e. The Labute approximate surface area is 145 Å². The van der Waals surface area contributed by atoms with Crippen molar-refractivity contribution in [3.8, 4) is 11.9 Å². The average molecular weight is 347 g/mol. The molecule has 0 aromatic carbocycles. The lowest BCUT2D eigenvalue weighted by molar-refractivity contribution is 0.0702. The van der Waals surface area contributed by atoms with Gasteiger partial charge in [-0.2, -0.15) is 15.0 Å². The third kappa shape index (κ3) is 3.40. The van der Waals surface area contributed by atoms with E-state index in [0.717, 1.165) is 12.8 Å². The van der Waals surface area contributed by atoms with Gasteiger partial charge in [-0.1, -0.05) is 19.0 Å². The number of aromatic nitrogens is 4. The summed E-state index contributed by atoms with van der Waals surface area (Å²) in [7, 11) is 2.91. The van der Waals surface area contributed by atoms with Crippen molar-refractivity contribution in [3.05, 3.63) is 23.5 Å². The predicted molar refractivity (Wildman–Crippen MR) is 86.5 cm³/mol. The van der Waals surface area contributed by atoms with E-state index in [4.69, 9.17) is 14.0 Å². The molecule has 134 valence electrons. The molecular weight excluding hydrogens is 326 g/mol. The summed E-state index contributed by atoms with van der Waals surface area (Å²) >= 11 is 0. The van der Waals surface area contributed by atoms with Gasteiger partial charge in [-0.3, -0.25) is 4.79 Å². The van der Waals surface area contributed by atoms with Crippen molar-refractivity contribution in [3.63, 3.8) is 0 Å². The van der Waals surface area contributed by atoms with E-state index >= 15 is 0 Å². The zero-order valence-electron chi connectivity index (χ0n) is 14.7. The van der Waals surface area contributed by atoms with E-state index in [1.165, 1.54) is 20.3 Å². The molecule has 3 heterocycles. The largest absolute Gasteiger partial charge is 0.481 e. The number of methoxy groups -OCH3 is 2. The first-order chi connectivity index (χ1) is 12.0. The lowest BCUT2D eigenvalue weighted by atomic mass is 10.2.